The molecular formula is C14H28O5Si. The third-order valence-electron chi connectivity index (χ3n) is 2.92. The van der Waals surface area contributed by atoms with E-state index in [1.54, 1.807) is 0 Å². The summed E-state index contributed by atoms with van der Waals surface area (Å²) in [7, 11) is -2.66. The smallest absolute Gasteiger partial charge is 0.375 e. The van der Waals surface area contributed by atoms with Crippen LogP contribution in [0.1, 0.15) is 27.2 Å². The minimum Gasteiger partial charge on any atom is -0.375 e. The lowest BCUT2D eigenvalue weighted by molar-refractivity contribution is 0.0220. The van der Waals surface area contributed by atoms with Crippen LogP contribution in [0.25, 0.3) is 0 Å². The van der Waals surface area contributed by atoms with Gasteiger partial charge in [-0.1, -0.05) is 6.08 Å². The van der Waals surface area contributed by atoms with E-state index in [0.29, 0.717) is 32.5 Å². The molecule has 2 atom stereocenters. The monoisotopic (exact) mass is 304 g/mol. The SMILES string of the molecule is C=CCC(C[Si](OCC)(OCC)OCC)OCC1CO1. The van der Waals surface area contributed by atoms with Gasteiger partial charge in [0.1, 0.15) is 6.10 Å². The molecule has 2 unspecified atom stereocenters. The van der Waals surface area contributed by atoms with E-state index in [-0.39, 0.29) is 12.2 Å². The van der Waals surface area contributed by atoms with Crippen LogP contribution in [0.3, 0.4) is 0 Å². The minimum atomic E-state index is -2.66. The Morgan fingerprint density at radius 1 is 1.20 bits per heavy atom. The van der Waals surface area contributed by atoms with Gasteiger partial charge in [-0.2, -0.15) is 0 Å². The van der Waals surface area contributed by atoms with Crippen molar-refractivity contribution in [3.63, 3.8) is 0 Å². The maximum atomic E-state index is 5.90. The molecule has 0 aromatic heterocycles. The summed E-state index contributed by atoms with van der Waals surface area (Å²) in [5, 5.41) is 0. The molecule has 0 aromatic rings. The lowest BCUT2D eigenvalue weighted by Crippen LogP contribution is -2.48. The molecule has 1 heterocycles. The minimum absolute atomic E-state index is 0.00742. The van der Waals surface area contributed by atoms with Gasteiger partial charge >= 0.3 is 8.80 Å². The lowest BCUT2D eigenvalue weighted by Gasteiger charge is -2.31. The van der Waals surface area contributed by atoms with E-state index in [2.05, 4.69) is 6.58 Å². The highest BCUT2D eigenvalue weighted by Gasteiger charge is 2.43. The first-order valence-electron chi connectivity index (χ1n) is 7.45. The summed E-state index contributed by atoms with van der Waals surface area (Å²) in [6.07, 6.45) is 2.88. The fraction of sp³-hybridized carbons (Fsp3) is 0.857. The first kappa shape index (κ1) is 17.8. The van der Waals surface area contributed by atoms with Gasteiger partial charge in [-0.05, 0) is 27.2 Å². The predicted octanol–water partition coefficient (Wildman–Crippen LogP) is 2.39. The molecule has 1 aliphatic heterocycles. The molecule has 118 valence electrons. The number of ether oxygens (including phenoxy) is 2. The van der Waals surface area contributed by atoms with Gasteiger partial charge in [0.05, 0.1) is 19.3 Å². The Bertz CT molecular complexity index is 253. The van der Waals surface area contributed by atoms with Gasteiger partial charge in [-0.25, -0.2) is 0 Å². The summed E-state index contributed by atoms with van der Waals surface area (Å²) in [5.41, 5.74) is 0. The molecule has 1 aliphatic rings. The van der Waals surface area contributed by atoms with Crippen LogP contribution in [-0.4, -0.2) is 54.0 Å². The highest BCUT2D eigenvalue weighted by atomic mass is 28.4. The Labute approximate surface area is 123 Å². The number of epoxide rings is 1. The molecule has 0 saturated carbocycles. The van der Waals surface area contributed by atoms with Crippen molar-refractivity contribution < 1.29 is 22.8 Å². The van der Waals surface area contributed by atoms with Crippen molar-refractivity contribution in [1.29, 1.82) is 0 Å². The van der Waals surface area contributed by atoms with Crippen LogP contribution in [0, 0.1) is 0 Å². The van der Waals surface area contributed by atoms with Crippen molar-refractivity contribution in [2.24, 2.45) is 0 Å². The van der Waals surface area contributed by atoms with Crippen LogP contribution in [0.5, 0.6) is 0 Å². The summed E-state index contributed by atoms with van der Waals surface area (Å²) >= 11 is 0. The number of rotatable bonds is 13. The molecule has 1 fully saturated rings. The van der Waals surface area contributed by atoms with Gasteiger partial charge in [0, 0.05) is 25.9 Å². The lowest BCUT2D eigenvalue weighted by atomic mass is 10.3. The molecule has 0 aliphatic carbocycles. The zero-order chi connectivity index (χ0) is 14.8. The fourth-order valence-corrected chi connectivity index (χ4v) is 4.81. The second-order valence-electron chi connectivity index (χ2n) is 4.62. The van der Waals surface area contributed by atoms with Gasteiger partial charge in [0.25, 0.3) is 0 Å². The maximum absolute atomic E-state index is 5.90. The second-order valence-corrected chi connectivity index (χ2v) is 7.26. The molecule has 5 nitrogen and oxygen atoms in total. The Morgan fingerprint density at radius 2 is 1.75 bits per heavy atom. The number of hydrogen-bond donors (Lipinski definition) is 0. The zero-order valence-electron chi connectivity index (χ0n) is 12.9. The fourth-order valence-electron chi connectivity index (χ4n) is 2.04. The molecule has 1 rings (SSSR count). The summed E-state index contributed by atoms with van der Waals surface area (Å²) in [6, 6.07) is 0.654. The normalized spacial score (nSPS) is 19.9. The van der Waals surface area contributed by atoms with Crippen LogP contribution >= 0.6 is 0 Å². The van der Waals surface area contributed by atoms with Crippen molar-refractivity contribution >= 4 is 8.80 Å². The van der Waals surface area contributed by atoms with E-state index in [1.807, 2.05) is 26.8 Å². The molecule has 0 N–H and O–H groups in total. The van der Waals surface area contributed by atoms with Crippen molar-refractivity contribution in [2.45, 2.75) is 45.4 Å². The summed E-state index contributed by atoms with van der Waals surface area (Å²) in [6.45, 7) is 12.8. The van der Waals surface area contributed by atoms with Crippen LogP contribution in [-0.2, 0) is 22.8 Å². The van der Waals surface area contributed by atoms with Crippen molar-refractivity contribution in [2.75, 3.05) is 33.0 Å². The summed E-state index contributed by atoms with van der Waals surface area (Å²) in [5.74, 6) is 0. The largest absolute Gasteiger partial charge is 0.503 e. The molecule has 0 aromatic carbocycles. The van der Waals surface area contributed by atoms with Crippen LogP contribution in [0.4, 0.5) is 0 Å². The molecule has 20 heavy (non-hydrogen) atoms. The van der Waals surface area contributed by atoms with E-state index in [1.165, 1.54) is 0 Å². The molecule has 1 saturated heterocycles. The van der Waals surface area contributed by atoms with Crippen molar-refractivity contribution in [3.8, 4) is 0 Å². The molecule has 0 spiro atoms. The third kappa shape index (κ3) is 6.47. The van der Waals surface area contributed by atoms with Crippen LogP contribution in [0.2, 0.25) is 6.04 Å². The highest BCUT2D eigenvalue weighted by molar-refractivity contribution is 6.60. The van der Waals surface area contributed by atoms with Crippen molar-refractivity contribution in [3.05, 3.63) is 12.7 Å². The first-order valence-corrected chi connectivity index (χ1v) is 9.38. The van der Waals surface area contributed by atoms with Crippen LogP contribution in [0.15, 0.2) is 12.7 Å². The van der Waals surface area contributed by atoms with E-state index < -0.39 is 8.80 Å². The van der Waals surface area contributed by atoms with Gasteiger partial charge in [0.2, 0.25) is 0 Å². The number of hydrogen-bond acceptors (Lipinski definition) is 5. The van der Waals surface area contributed by atoms with Gasteiger partial charge in [-0.15, -0.1) is 6.58 Å². The van der Waals surface area contributed by atoms with Crippen LogP contribution < -0.4 is 0 Å². The summed E-state index contributed by atoms with van der Waals surface area (Å²) < 4.78 is 28.7. The topological polar surface area (TPSA) is 49.5 Å². The Morgan fingerprint density at radius 3 is 2.15 bits per heavy atom. The van der Waals surface area contributed by atoms with Gasteiger partial charge in [0.15, 0.2) is 0 Å². The average molecular weight is 304 g/mol. The predicted molar refractivity (Wildman–Crippen MR) is 79.7 cm³/mol. The average Bonchev–Trinajstić information content (AvgIpc) is 3.21. The quantitative estimate of drug-likeness (QED) is 0.297. The molecule has 0 radical (unpaired) electrons. The molecular weight excluding hydrogens is 276 g/mol. The third-order valence-corrected chi connectivity index (χ3v) is 6.06. The first-order chi connectivity index (χ1) is 9.69. The van der Waals surface area contributed by atoms with Crippen molar-refractivity contribution in [1.82, 2.24) is 0 Å². The molecule has 6 heteroatoms. The Balaban J connectivity index is 2.60. The Kier molecular flexibility index (Phi) is 8.59. The standard InChI is InChI=1S/C14H28O5Si/c1-5-9-13(15-10-14-11-16-14)12-20(17-6-2,18-7-3)19-8-4/h5,13-14H,1,6-12H2,2-4H3. The second kappa shape index (κ2) is 9.65. The summed E-state index contributed by atoms with van der Waals surface area (Å²) in [4.78, 5) is 0. The Hall–Kier alpha value is -0.243. The zero-order valence-corrected chi connectivity index (χ0v) is 13.9. The van der Waals surface area contributed by atoms with E-state index in [9.17, 15) is 0 Å². The van der Waals surface area contributed by atoms with Gasteiger partial charge in [-0.3, -0.25) is 0 Å². The highest BCUT2D eigenvalue weighted by Crippen LogP contribution is 2.23. The van der Waals surface area contributed by atoms with E-state index >= 15 is 0 Å². The molecule has 0 amide bonds. The molecule has 0 bridgehead atoms. The van der Waals surface area contributed by atoms with E-state index in [0.717, 1.165) is 13.0 Å². The maximum Gasteiger partial charge on any atom is 0.503 e. The van der Waals surface area contributed by atoms with E-state index in [4.69, 9.17) is 22.8 Å². The van der Waals surface area contributed by atoms with Gasteiger partial charge < -0.3 is 22.8 Å².